The van der Waals surface area contributed by atoms with E-state index >= 15 is 0 Å². The number of aryl methyl sites for hydroxylation is 2. The first-order valence-electron chi connectivity index (χ1n) is 5.91. The summed E-state index contributed by atoms with van der Waals surface area (Å²) in [5.74, 6) is 1.19. The number of nitrogens with two attached hydrogens (primary N) is 2. The number of rotatable bonds is 2. The highest BCUT2D eigenvalue weighted by atomic mass is 16.1. The minimum absolute atomic E-state index is 0.127. The molecule has 17 heavy (non-hydrogen) atoms. The highest BCUT2D eigenvalue weighted by Crippen LogP contribution is 2.33. The molecule has 6 nitrogen and oxygen atoms in total. The van der Waals surface area contributed by atoms with Crippen molar-refractivity contribution in [2.45, 2.75) is 51.1 Å². The number of carbonyl (C=O) groups is 1. The second kappa shape index (κ2) is 4.10. The molecule has 0 spiro atoms. The first kappa shape index (κ1) is 12.0. The van der Waals surface area contributed by atoms with Gasteiger partial charge in [0.1, 0.15) is 11.6 Å². The van der Waals surface area contributed by atoms with Crippen LogP contribution in [0.15, 0.2) is 0 Å². The van der Waals surface area contributed by atoms with Gasteiger partial charge in [-0.05, 0) is 39.5 Å². The zero-order chi connectivity index (χ0) is 12.6. The van der Waals surface area contributed by atoms with Crippen LogP contribution in [-0.2, 0) is 4.79 Å². The van der Waals surface area contributed by atoms with E-state index in [1.807, 2.05) is 18.5 Å². The second-order valence-electron chi connectivity index (χ2n) is 4.92. The summed E-state index contributed by atoms with van der Waals surface area (Å²) in [5.41, 5.74) is 10.5. The van der Waals surface area contributed by atoms with E-state index in [1.54, 1.807) is 0 Å². The molecule has 2 unspecified atom stereocenters. The van der Waals surface area contributed by atoms with E-state index in [0.717, 1.165) is 24.5 Å². The molecule has 0 aliphatic heterocycles. The maximum atomic E-state index is 11.4. The molecule has 1 aliphatic carbocycles. The van der Waals surface area contributed by atoms with Gasteiger partial charge < -0.3 is 11.5 Å². The predicted molar refractivity (Wildman–Crippen MR) is 63.1 cm³/mol. The third kappa shape index (κ3) is 2.17. The largest absolute Gasteiger partial charge is 0.368 e. The van der Waals surface area contributed by atoms with Crippen LogP contribution in [0.4, 0.5) is 0 Å². The number of primary amides is 1. The molecule has 1 amide bonds. The van der Waals surface area contributed by atoms with Gasteiger partial charge in [-0.15, -0.1) is 0 Å². The average molecular weight is 237 g/mol. The quantitative estimate of drug-likeness (QED) is 0.767. The molecule has 94 valence electrons. The normalized spacial score (nSPS) is 29.2. The maximum Gasteiger partial charge on any atom is 0.237 e. The van der Waals surface area contributed by atoms with Crippen molar-refractivity contribution in [2.75, 3.05) is 0 Å². The summed E-state index contributed by atoms with van der Waals surface area (Å²) in [4.78, 5) is 15.7. The highest BCUT2D eigenvalue weighted by Gasteiger charge is 2.39. The standard InChI is InChI=1S/C11H19N5O/c1-7-14-8(2)16(15-7)9-4-3-5-11(13,6-9)10(12)17/h9H,3-6,13H2,1-2H3,(H2,12,17). The molecular formula is C11H19N5O. The molecule has 0 radical (unpaired) electrons. The van der Waals surface area contributed by atoms with E-state index in [1.165, 1.54) is 0 Å². The van der Waals surface area contributed by atoms with Crippen LogP contribution in [0.2, 0.25) is 0 Å². The predicted octanol–water partition coefficient (Wildman–Crippen LogP) is 0.193. The van der Waals surface area contributed by atoms with Crippen LogP contribution in [0.1, 0.15) is 43.4 Å². The van der Waals surface area contributed by atoms with Gasteiger partial charge in [0, 0.05) is 0 Å². The molecule has 2 atom stereocenters. The summed E-state index contributed by atoms with van der Waals surface area (Å²) >= 11 is 0. The molecule has 1 aromatic rings. The molecule has 6 heteroatoms. The lowest BCUT2D eigenvalue weighted by atomic mass is 9.79. The Morgan fingerprint density at radius 1 is 1.53 bits per heavy atom. The fraction of sp³-hybridized carbons (Fsp3) is 0.727. The Morgan fingerprint density at radius 3 is 2.76 bits per heavy atom. The van der Waals surface area contributed by atoms with E-state index < -0.39 is 11.4 Å². The Kier molecular flexibility index (Phi) is 2.91. The van der Waals surface area contributed by atoms with Crippen molar-refractivity contribution in [1.82, 2.24) is 14.8 Å². The summed E-state index contributed by atoms with van der Waals surface area (Å²) in [6, 6.07) is 0.127. The van der Waals surface area contributed by atoms with Gasteiger partial charge >= 0.3 is 0 Å². The molecule has 2 rings (SSSR count). The summed E-state index contributed by atoms with van der Waals surface area (Å²) in [5, 5.41) is 4.36. The lowest BCUT2D eigenvalue weighted by molar-refractivity contribution is -0.124. The smallest absolute Gasteiger partial charge is 0.237 e. The lowest BCUT2D eigenvalue weighted by Crippen LogP contribution is -2.55. The van der Waals surface area contributed by atoms with Gasteiger partial charge in [0.25, 0.3) is 0 Å². The SMILES string of the molecule is Cc1nc(C)n(C2CCCC(N)(C(N)=O)C2)n1. The second-order valence-corrected chi connectivity index (χ2v) is 4.92. The number of carbonyl (C=O) groups excluding carboxylic acids is 1. The van der Waals surface area contributed by atoms with E-state index in [4.69, 9.17) is 11.5 Å². The summed E-state index contributed by atoms with van der Waals surface area (Å²) in [6.07, 6.45) is 3.07. The lowest BCUT2D eigenvalue weighted by Gasteiger charge is -2.35. The van der Waals surface area contributed by atoms with Gasteiger partial charge in [0.15, 0.2) is 0 Å². The number of amides is 1. The Hall–Kier alpha value is -1.43. The van der Waals surface area contributed by atoms with Gasteiger partial charge in [-0.1, -0.05) is 0 Å². The molecular weight excluding hydrogens is 218 g/mol. The Bertz CT molecular complexity index is 441. The number of hydrogen-bond acceptors (Lipinski definition) is 4. The maximum absolute atomic E-state index is 11.4. The van der Waals surface area contributed by atoms with E-state index in [2.05, 4.69) is 10.1 Å². The number of hydrogen-bond donors (Lipinski definition) is 2. The number of aromatic nitrogens is 3. The van der Waals surface area contributed by atoms with Crippen molar-refractivity contribution in [1.29, 1.82) is 0 Å². The van der Waals surface area contributed by atoms with Crippen molar-refractivity contribution < 1.29 is 4.79 Å². The molecule has 0 aromatic carbocycles. The molecule has 0 bridgehead atoms. The van der Waals surface area contributed by atoms with E-state index in [9.17, 15) is 4.79 Å². The fourth-order valence-electron chi connectivity index (χ4n) is 2.59. The van der Waals surface area contributed by atoms with Crippen molar-refractivity contribution in [3.05, 3.63) is 11.6 Å². The van der Waals surface area contributed by atoms with Gasteiger partial charge in [-0.2, -0.15) is 5.10 Å². The minimum atomic E-state index is -0.894. The van der Waals surface area contributed by atoms with Crippen LogP contribution in [0.25, 0.3) is 0 Å². The van der Waals surface area contributed by atoms with Crippen LogP contribution in [0.5, 0.6) is 0 Å². The van der Waals surface area contributed by atoms with Crippen LogP contribution < -0.4 is 11.5 Å². The molecule has 1 aromatic heterocycles. The van der Waals surface area contributed by atoms with Crippen LogP contribution >= 0.6 is 0 Å². The Labute approximate surface area is 100 Å². The van der Waals surface area contributed by atoms with Crippen LogP contribution in [0, 0.1) is 13.8 Å². The minimum Gasteiger partial charge on any atom is -0.368 e. The fourth-order valence-corrected chi connectivity index (χ4v) is 2.59. The van der Waals surface area contributed by atoms with E-state index in [0.29, 0.717) is 12.8 Å². The zero-order valence-electron chi connectivity index (χ0n) is 10.3. The zero-order valence-corrected chi connectivity index (χ0v) is 10.3. The van der Waals surface area contributed by atoms with E-state index in [-0.39, 0.29) is 6.04 Å². The third-order valence-corrected chi connectivity index (χ3v) is 3.50. The average Bonchev–Trinajstić information content (AvgIpc) is 2.58. The topological polar surface area (TPSA) is 99.8 Å². The molecule has 1 heterocycles. The van der Waals surface area contributed by atoms with Crippen molar-refractivity contribution in [3.63, 3.8) is 0 Å². The molecule has 4 N–H and O–H groups in total. The summed E-state index contributed by atoms with van der Waals surface area (Å²) in [7, 11) is 0. The Balaban J connectivity index is 2.23. The molecule has 1 fully saturated rings. The van der Waals surface area contributed by atoms with Gasteiger partial charge in [-0.3, -0.25) is 4.79 Å². The third-order valence-electron chi connectivity index (χ3n) is 3.50. The van der Waals surface area contributed by atoms with Crippen LogP contribution in [-0.4, -0.2) is 26.2 Å². The summed E-state index contributed by atoms with van der Waals surface area (Å²) < 4.78 is 1.87. The van der Waals surface area contributed by atoms with Crippen molar-refractivity contribution >= 4 is 5.91 Å². The van der Waals surface area contributed by atoms with Gasteiger partial charge in [-0.25, -0.2) is 9.67 Å². The highest BCUT2D eigenvalue weighted by molar-refractivity contribution is 5.84. The first-order chi connectivity index (χ1) is 7.92. The molecule has 1 saturated carbocycles. The Morgan fingerprint density at radius 2 is 2.24 bits per heavy atom. The van der Waals surface area contributed by atoms with Gasteiger partial charge in [0.05, 0.1) is 11.6 Å². The molecule has 1 aliphatic rings. The summed E-state index contributed by atoms with van der Waals surface area (Å²) in [6.45, 7) is 3.77. The van der Waals surface area contributed by atoms with Crippen molar-refractivity contribution in [3.8, 4) is 0 Å². The molecule has 0 saturated heterocycles. The monoisotopic (exact) mass is 237 g/mol. The number of nitrogens with zero attached hydrogens (tertiary/aromatic N) is 3. The van der Waals surface area contributed by atoms with Gasteiger partial charge in [0.2, 0.25) is 5.91 Å². The van der Waals surface area contributed by atoms with Crippen molar-refractivity contribution in [2.24, 2.45) is 11.5 Å². The van der Waals surface area contributed by atoms with Crippen LogP contribution in [0.3, 0.4) is 0 Å². The first-order valence-corrected chi connectivity index (χ1v) is 5.91.